The summed E-state index contributed by atoms with van der Waals surface area (Å²) in [5.41, 5.74) is 0.422. The highest BCUT2D eigenvalue weighted by molar-refractivity contribution is 6.32. The Morgan fingerprint density at radius 2 is 2.06 bits per heavy atom. The van der Waals surface area contributed by atoms with Crippen molar-refractivity contribution < 1.29 is 19.4 Å². The van der Waals surface area contributed by atoms with Crippen LogP contribution < -0.4 is 4.74 Å². The summed E-state index contributed by atoms with van der Waals surface area (Å²) in [4.78, 5) is 23.7. The molecule has 1 rings (SSSR count). The van der Waals surface area contributed by atoms with Gasteiger partial charge < -0.3 is 14.7 Å². The second kappa shape index (κ2) is 5.73. The quantitative estimate of drug-likeness (QED) is 0.909. The van der Waals surface area contributed by atoms with E-state index >= 15 is 0 Å². The van der Waals surface area contributed by atoms with Crippen molar-refractivity contribution in [2.75, 3.05) is 14.2 Å². The van der Waals surface area contributed by atoms with Crippen molar-refractivity contribution in [2.45, 2.75) is 13.0 Å². The van der Waals surface area contributed by atoms with Gasteiger partial charge in [0.1, 0.15) is 5.75 Å². The fourth-order valence-electron chi connectivity index (χ4n) is 1.57. The Morgan fingerprint density at radius 1 is 1.44 bits per heavy atom. The van der Waals surface area contributed by atoms with E-state index in [1.807, 2.05) is 0 Å². The molecule has 0 saturated heterocycles. The number of hydrogen-bond acceptors (Lipinski definition) is 3. The number of halogens is 1. The number of amides is 1. The molecule has 1 N–H and O–H groups in total. The SMILES string of the molecule is COc1ccc(C(C(=O)O)N(C)C(C)=O)cc1Cl. The fraction of sp³-hybridized carbons (Fsp3) is 0.333. The Balaban J connectivity index is 3.19. The molecule has 0 fully saturated rings. The van der Waals surface area contributed by atoms with Crippen LogP contribution in [-0.4, -0.2) is 36.0 Å². The average molecular weight is 272 g/mol. The van der Waals surface area contributed by atoms with Crippen molar-refractivity contribution in [1.29, 1.82) is 0 Å². The van der Waals surface area contributed by atoms with Crippen LogP contribution in [0, 0.1) is 0 Å². The standard InChI is InChI=1S/C12H14ClNO4/c1-7(15)14(2)11(12(16)17)8-4-5-10(18-3)9(13)6-8/h4-6,11H,1-3H3,(H,16,17). The number of methoxy groups -OCH3 is 1. The Labute approximate surface area is 110 Å². The molecule has 0 aromatic heterocycles. The Morgan fingerprint density at radius 3 is 2.44 bits per heavy atom. The van der Waals surface area contributed by atoms with E-state index in [1.165, 1.54) is 27.1 Å². The van der Waals surface area contributed by atoms with E-state index in [0.717, 1.165) is 4.90 Å². The summed E-state index contributed by atoms with van der Waals surface area (Å²) in [6.07, 6.45) is 0. The highest BCUT2D eigenvalue weighted by Gasteiger charge is 2.27. The number of likely N-dealkylation sites (N-methyl/N-ethyl adjacent to an activating group) is 1. The van der Waals surface area contributed by atoms with Gasteiger partial charge in [-0.2, -0.15) is 0 Å². The van der Waals surface area contributed by atoms with E-state index in [2.05, 4.69) is 0 Å². The highest BCUT2D eigenvalue weighted by atomic mass is 35.5. The number of rotatable bonds is 4. The average Bonchev–Trinajstić information content (AvgIpc) is 2.28. The van der Waals surface area contributed by atoms with Gasteiger partial charge in [0.25, 0.3) is 0 Å². The van der Waals surface area contributed by atoms with Crippen molar-refractivity contribution in [3.8, 4) is 5.75 Å². The van der Waals surface area contributed by atoms with E-state index in [9.17, 15) is 14.7 Å². The molecular weight excluding hydrogens is 258 g/mol. The number of hydrogen-bond donors (Lipinski definition) is 1. The van der Waals surface area contributed by atoms with Crippen molar-refractivity contribution in [3.63, 3.8) is 0 Å². The number of nitrogens with zero attached hydrogens (tertiary/aromatic N) is 1. The lowest BCUT2D eigenvalue weighted by molar-refractivity contribution is -0.148. The van der Waals surface area contributed by atoms with E-state index in [4.69, 9.17) is 16.3 Å². The maximum absolute atomic E-state index is 11.3. The summed E-state index contributed by atoms with van der Waals surface area (Å²) in [5.74, 6) is -1.00. The number of carboxylic acid groups (broad SMARTS) is 1. The lowest BCUT2D eigenvalue weighted by Crippen LogP contribution is -2.34. The van der Waals surface area contributed by atoms with Gasteiger partial charge in [-0.1, -0.05) is 17.7 Å². The molecule has 98 valence electrons. The summed E-state index contributed by atoms with van der Waals surface area (Å²) < 4.78 is 4.99. The molecule has 1 amide bonds. The van der Waals surface area contributed by atoms with Crippen LogP contribution in [0.5, 0.6) is 5.75 Å². The largest absolute Gasteiger partial charge is 0.495 e. The summed E-state index contributed by atoms with van der Waals surface area (Å²) >= 11 is 5.94. The molecule has 1 atom stereocenters. The zero-order valence-corrected chi connectivity index (χ0v) is 11.1. The summed E-state index contributed by atoms with van der Waals surface area (Å²) in [6, 6.07) is 3.56. The van der Waals surface area contributed by atoms with E-state index in [1.54, 1.807) is 12.1 Å². The minimum absolute atomic E-state index is 0.304. The van der Waals surface area contributed by atoms with Gasteiger partial charge in [-0.15, -0.1) is 0 Å². The van der Waals surface area contributed by atoms with Crippen molar-refractivity contribution in [1.82, 2.24) is 4.90 Å². The maximum Gasteiger partial charge on any atom is 0.331 e. The summed E-state index contributed by atoms with van der Waals surface area (Å²) in [5, 5.41) is 9.50. The van der Waals surface area contributed by atoms with Gasteiger partial charge in [-0.25, -0.2) is 4.79 Å². The first kappa shape index (κ1) is 14.3. The van der Waals surface area contributed by atoms with Crippen molar-refractivity contribution in [3.05, 3.63) is 28.8 Å². The summed E-state index contributed by atoms with van der Waals surface area (Å²) in [7, 11) is 2.90. The highest BCUT2D eigenvalue weighted by Crippen LogP contribution is 2.29. The molecule has 0 bridgehead atoms. The molecule has 0 aliphatic heterocycles. The fourth-order valence-corrected chi connectivity index (χ4v) is 1.83. The molecule has 0 aliphatic carbocycles. The Kier molecular flexibility index (Phi) is 4.55. The van der Waals surface area contributed by atoms with Crippen molar-refractivity contribution >= 4 is 23.5 Å². The zero-order chi connectivity index (χ0) is 13.9. The minimum Gasteiger partial charge on any atom is -0.495 e. The van der Waals surface area contributed by atoms with Crippen LogP contribution >= 0.6 is 11.6 Å². The van der Waals surface area contributed by atoms with Crippen LogP contribution in [0.15, 0.2) is 18.2 Å². The van der Waals surface area contributed by atoms with E-state index < -0.39 is 12.0 Å². The third kappa shape index (κ3) is 2.92. The summed E-state index contributed by atoms with van der Waals surface area (Å²) in [6.45, 7) is 1.31. The maximum atomic E-state index is 11.3. The van der Waals surface area contributed by atoms with Gasteiger partial charge in [0.2, 0.25) is 5.91 Å². The van der Waals surface area contributed by atoms with Gasteiger partial charge in [-0.3, -0.25) is 4.79 Å². The molecule has 0 spiro atoms. The number of carbonyl (C=O) groups excluding carboxylic acids is 1. The second-order valence-corrected chi connectivity index (χ2v) is 4.17. The third-order valence-corrected chi connectivity index (χ3v) is 2.90. The number of aliphatic carboxylic acids is 1. The molecular formula is C12H14ClNO4. The van der Waals surface area contributed by atoms with Crippen LogP contribution in [0.4, 0.5) is 0 Å². The number of carboxylic acids is 1. The van der Waals surface area contributed by atoms with Gasteiger partial charge in [0.05, 0.1) is 12.1 Å². The van der Waals surface area contributed by atoms with Crippen LogP contribution in [0.1, 0.15) is 18.5 Å². The molecule has 18 heavy (non-hydrogen) atoms. The second-order valence-electron chi connectivity index (χ2n) is 3.76. The van der Waals surface area contributed by atoms with Crippen LogP contribution in [-0.2, 0) is 9.59 Å². The lowest BCUT2D eigenvalue weighted by atomic mass is 10.1. The normalized spacial score (nSPS) is 11.8. The predicted molar refractivity (Wildman–Crippen MR) is 66.8 cm³/mol. The monoisotopic (exact) mass is 271 g/mol. The molecule has 0 heterocycles. The molecule has 6 heteroatoms. The molecule has 5 nitrogen and oxygen atoms in total. The molecule has 0 radical (unpaired) electrons. The Hall–Kier alpha value is -1.75. The number of benzene rings is 1. The van der Waals surface area contributed by atoms with Gasteiger partial charge in [0.15, 0.2) is 6.04 Å². The van der Waals surface area contributed by atoms with E-state index in [0.29, 0.717) is 16.3 Å². The number of carbonyl (C=O) groups is 2. The predicted octanol–water partition coefficient (Wildman–Crippen LogP) is 1.95. The lowest BCUT2D eigenvalue weighted by Gasteiger charge is -2.24. The topological polar surface area (TPSA) is 66.8 Å². The van der Waals surface area contributed by atoms with Crippen LogP contribution in [0.3, 0.4) is 0 Å². The number of ether oxygens (including phenoxy) is 1. The third-order valence-electron chi connectivity index (χ3n) is 2.61. The zero-order valence-electron chi connectivity index (χ0n) is 10.3. The first-order chi connectivity index (χ1) is 8.38. The molecule has 1 aromatic rings. The van der Waals surface area contributed by atoms with Crippen LogP contribution in [0.2, 0.25) is 5.02 Å². The first-order valence-electron chi connectivity index (χ1n) is 5.18. The van der Waals surface area contributed by atoms with Gasteiger partial charge in [-0.05, 0) is 17.7 Å². The molecule has 0 saturated carbocycles. The van der Waals surface area contributed by atoms with Crippen LogP contribution in [0.25, 0.3) is 0 Å². The van der Waals surface area contributed by atoms with Crippen molar-refractivity contribution in [2.24, 2.45) is 0 Å². The minimum atomic E-state index is -1.12. The smallest absolute Gasteiger partial charge is 0.331 e. The van der Waals surface area contributed by atoms with E-state index in [-0.39, 0.29) is 5.91 Å². The molecule has 1 aromatic carbocycles. The molecule has 1 unspecified atom stereocenters. The van der Waals surface area contributed by atoms with Gasteiger partial charge in [0, 0.05) is 14.0 Å². The molecule has 0 aliphatic rings. The first-order valence-corrected chi connectivity index (χ1v) is 5.56. The Bertz CT molecular complexity index is 475. The van der Waals surface area contributed by atoms with Gasteiger partial charge >= 0.3 is 5.97 Å².